The van der Waals surface area contributed by atoms with Crippen molar-refractivity contribution >= 4 is 5.97 Å². The molecule has 0 aliphatic heterocycles. The van der Waals surface area contributed by atoms with E-state index in [2.05, 4.69) is 5.10 Å². The molecule has 1 aromatic heterocycles. The summed E-state index contributed by atoms with van der Waals surface area (Å²) < 4.78 is 1.63. The van der Waals surface area contributed by atoms with E-state index in [0.29, 0.717) is 11.3 Å². The van der Waals surface area contributed by atoms with Crippen molar-refractivity contribution in [2.75, 3.05) is 0 Å². The van der Waals surface area contributed by atoms with Crippen LogP contribution in [0.1, 0.15) is 29.5 Å². The van der Waals surface area contributed by atoms with Gasteiger partial charge in [0.15, 0.2) is 0 Å². The lowest BCUT2D eigenvalue weighted by Gasteiger charge is -2.08. The molecule has 14 heavy (non-hydrogen) atoms. The molecule has 0 unspecified atom stereocenters. The maximum Gasteiger partial charge on any atom is 0.306 e. The van der Waals surface area contributed by atoms with Gasteiger partial charge < -0.3 is 10.2 Å². The van der Waals surface area contributed by atoms with Crippen LogP contribution in [-0.4, -0.2) is 26.0 Å². The van der Waals surface area contributed by atoms with E-state index in [4.69, 9.17) is 5.11 Å². The highest BCUT2D eigenvalue weighted by Crippen LogP contribution is 2.23. The second kappa shape index (κ2) is 3.79. The van der Waals surface area contributed by atoms with E-state index < -0.39 is 12.1 Å². The van der Waals surface area contributed by atoms with Gasteiger partial charge in [-0.2, -0.15) is 5.10 Å². The Kier molecular flexibility index (Phi) is 2.90. The Bertz CT molecular complexity index is 357. The lowest BCUT2D eigenvalue weighted by Crippen LogP contribution is -2.07. The Hall–Kier alpha value is -1.36. The second-order valence-electron chi connectivity index (χ2n) is 3.32. The smallest absolute Gasteiger partial charge is 0.306 e. The fraction of sp³-hybridized carbons (Fsp3) is 0.556. The van der Waals surface area contributed by atoms with E-state index in [0.717, 1.165) is 5.69 Å². The maximum atomic E-state index is 10.4. The molecule has 1 atom stereocenters. The van der Waals surface area contributed by atoms with Crippen LogP contribution in [0.2, 0.25) is 0 Å². The number of nitrogens with zero attached hydrogens (tertiary/aromatic N) is 2. The average Bonchev–Trinajstić information content (AvgIpc) is 2.25. The predicted molar refractivity (Wildman–Crippen MR) is 49.9 cm³/mol. The lowest BCUT2D eigenvalue weighted by molar-refractivity contribution is -0.139. The van der Waals surface area contributed by atoms with Crippen molar-refractivity contribution < 1.29 is 15.0 Å². The fourth-order valence-corrected chi connectivity index (χ4v) is 1.54. The molecule has 78 valence electrons. The first kappa shape index (κ1) is 10.7. The number of aromatic nitrogens is 2. The third kappa shape index (κ3) is 1.93. The Morgan fingerprint density at radius 2 is 2.14 bits per heavy atom. The first-order valence-electron chi connectivity index (χ1n) is 4.33. The van der Waals surface area contributed by atoms with Crippen molar-refractivity contribution in [3.63, 3.8) is 0 Å². The van der Waals surface area contributed by atoms with E-state index >= 15 is 0 Å². The second-order valence-corrected chi connectivity index (χ2v) is 3.32. The van der Waals surface area contributed by atoms with Crippen molar-refractivity contribution in [2.45, 2.75) is 26.4 Å². The number of hydrogen-bond donors (Lipinski definition) is 2. The summed E-state index contributed by atoms with van der Waals surface area (Å²) in [5.74, 6) is -1.01. The molecular formula is C9H14N2O3. The Morgan fingerprint density at radius 3 is 2.50 bits per heavy atom. The minimum absolute atomic E-state index is 0.284. The van der Waals surface area contributed by atoms with Crippen LogP contribution in [0, 0.1) is 13.8 Å². The number of rotatable bonds is 3. The molecule has 5 heteroatoms. The third-order valence-electron chi connectivity index (χ3n) is 2.27. The average molecular weight is 198 g/mol. The predicted octanol–water partition coefficient (Wildman–Crippen LogP) is 0.545. The normalized spacial score (nSPS) is 12.9. The zero-order valence-electron chi connectivity index (χ0n) is 8.48. The van der Waals surface area contributed by atoms with E-state index in [9.17, 15) is 9.90 Å². The minimum Gasteiger partial charge on any atom is -0.481 e. The molecule has 0 radical (unpaired) electrons. The van der Waals surface area contributed by atoms with Gasteiger partial charge in [0.1, 0.15) is 0 Å². The van der Waals surface area contributed by atoms with E-state index in [1.54, 1.807) is 25.6 Å². The number of carboxylic acids is 1. The fourth-order valence-electron chi connectivity index (χ4n) is 1.54. The summed E-state index contributed by atoms with van der Waals surface area (Å²) in [7, 11) is 1.76. The largest absolute Gasteiger partial charge is 0.481 e. The lowest BCUT2D eigenvalue weighted by atomic mass is 10.1. The molecule has 1 aromatic rings. The molecule has 0 bridgehead atoms. The van der Waals surface area contributed by atoms with Crippen LogP contribution < -0.4 is 0 Å². The maximum absolute atomic E-state index is 10.4. The summed E-state index contributed by atoms with van der Waals surface area (Å²) in [5.41, 5.74) is 2.10. The van der Waals surface area contributed by atoms with Crippen molar-refractivity contribution in [1.29, 1.82) is 0 Å². The highest BCUT2D eigenvalue weighted by Gasteiger charge is 2.19. The zero-order valence-corrected chi connectivity index (χ0v) is 8.48. The number of aliphatic carboxylic acids is 1. The molecule has 0 aliphatic rings. The van der Waals surface area contributed by atoms with Gasteiger partial charge in [0, 0.05) is 18.3 Å². The van der Waals surface area contributed by atoms with E-state index in [1.807, 2.05) is 0 Å². The van der Waals surface area contributed by atoms with Gasteiger partial charge in [0.2, 0.25) is 0 Å². The SMILES string of the molecule is Cc1nn(C)c(C)c1[C@H](O)CC(=O)O. The van der Waals surface area contributed by atoms with Gasteiger partial charge in [-0.05, 0) is 13.8 Å². The summed E-state index contributed by atoms with van der Waals surface area (Å²) in [6.45, 7) is 3.56. The van der Waals surface area contributed by atoms with Gasteiger partial charge in [-0.3, -0.25) is 9.48 Å². The van der Waals surface area contributed by atoms with E-state index in [-0.39, 0.29) is 6.42 Å². The highest BCUT2D eigenvalue weighted by atomic mass is 16.4. The number of carboxylic acid groups (broad SMARTS) is 1. The number of aliphatic hydroxyl groups is 1. The molecule has 0 fully saturated rings. The first-order valence-corrected chi connectivity index (χ1v) is 4.33. The van der Waals surface area contributed by atoms with Crippen molar-refractivity contribution in [3.8, 4) is 0 Å². The summed E-state index contributed by atoms with van der Waals surface area (Å²) in [6.07, 6.45) is -1.26. The van der Waals surface area contributed by atoms with Gasteiger partial charge in [-0.15, -0.1) is 0 Å². The number of aryl methyl sites for hydroxylation is 2. The molecule has 0 saturated heterocycles. The number of carbonyl (C=O) groups is 1. The molecule has 0 aromatic carbocycles. The molecule has 0 aliphatic carbocycles. The summed E-state index contributed by atoms with van der Waals surface area (Å²) >= 11 is 0. The Balaban J connectivity index is 2.99. The molecule has 0 spiro atoms. The number of aliphatic hydroxyl groups excluding tert-OH is 1. The van der Waals surface area contributed by atoms with Crippen LogP contribution >= 0.6 is 0 Å². The highest BCUT2D eigenvalue weighted by molar-refractivity contribution is 5.67. The van der Waals surface area contributed by atoms with Crippen molar-refractivity contribution in [3.05, 3.63) is 17.0 Å². The number of hydrogen-bond acceptors (Lipinski definition) is 3. The summed E-state index contributed by atoms with van der Waals surface area (Å²) in [6, 6.07) is 0. The van der Waals surface area contributed by atoms with Gasteiger partial charge >= 0.3 is 5.97 Å². The van der Waals surface area contributed by atoms with Crippen LogP contribution in [0.4, 0.5) is 0 Å². The molecule has 0 saturated carbocycles. The standard InChI is InChI=1S/C9H14N2O3/c1-5-9(6(2)11(3)10-5)7(12)4-8(13)14/h7,12H,4H2,1-3H3,(H,13,14)/t7-/m1/s1. The molecule has 1 rings (SSSR count). The van der Waals surface area contributed by atoms with Crippen LogP contribution in [0.15, 0.2) is 0 Å². The zero-order chi connectivity index (χ0) is 10.9. The van der Waals surface area contributed by atoms with Crippen molar-refractivity contribution in [1.82, 2.24) is 9.78 Å². The van der Waals surface area contributed by atoms with Crippen LogP contribution in [-0.2, 0) is 11.8 Å². The Morgan fingerprint density at radius 1 is 1.57 bits per heavy atom. The van der Waals surface area contributed by atoms with Gasteiger partial charge in [0.05, 0.1) is 18.2 Å². The monoisotopic (exact) mass is 198 g/mol. The third-order valence-corrected chi connectivity index (χ3v) is 2.27. The molecule has 0 amide bonds. The topological polar surface area (TPSA) is 75.3 Å². The van der Waals surface area contributed by atoms with Crippen LogP contribution in [0.5, 0.6) is 0 Å². The van der Waals surface area contributed by atoms with Gasteiger partial charge in [-0.25, -0.2) is 0 Å². The van der Waals surface area contributed by atoms with Crippen LogP contribution in [0.25, 0.3) is 0 Å². The first-order chi connectivity index (χ1) is 6.43. The van der Waals surface area contributed by atoms with Crippen molar-refractivity contribution in [2.24, 2.45) is 7.05 Å². The van der Waals surface area contributed by atoms with Gasteiger partial charge in [-0.1, -0.05) is 0 Å². The van der Waals surface area contributed by atoms with E-state index in [1.165, 1.54) is 0 Å². The Labute approximate surface area is 82.0 Å². The van der Waals surface area contributed by atoms with Crippen LogP contribution in [0.3, 0.4) is 0 Å². The molecular weight excluding hydrogens is 184 g/mol. The molecule has 2 N–H and O–H groups in total. The molecule has 1 heterocycles. The molecule has 5 nitrogen and oxygen atoms in total. The quantitative estimate of drug-likeness (QED) is 0.743. The minimum atomic E-state index is -1.01. The van der Waals surface area contributed by atoms with Gasteiger partial charge in [0.25, 0.3) is 0 Å². The summed E-state index contributed by atoms with van der Waals surface area (Å²) in [4.78, 5) is 10.4. The summed E-state index contributed by atoms with van der Waals surface area (Å²) in [5, 5.41) is 22.3.